The molecule has 0 radical (unpaired) electrons. The molecule has 4 rings (SSSR count). The Morgan fingerprint density at radius 3 is 2.14 bits per heavy atom. The number of amides is 2. The molecule has 3 aromatic rings. The third-order valence-electron chi connectivity index (χ3n) is 5.86. The Morgan fingerprint density at radius 2 is 1.51 bits per heavy atom. The number of rotatable bonds is 9. The van der Waals surface area contributed by atoms with Crippen molar-refractivity contribution in [2.24, 2.45) is 0 Å². The minimum absolute atomic E-state index is 0.00119. The fraction of sp³-hybridized carbons (Fsp3) is 0.179. The van der Waals surface area contributed by atoms with E-state index in [0.29, 0.717) is 12.1 Å². The van der Waals surface area contributed by atoms with E-state index in [1.54, 1.807) is 12.1 Å². The van der Waals surface area contributed by atoms with Crippen molar-refractivity contribution in [2.75, 3.05) is 18.5 Å². The molecule has 7 nitrogen and oxygen atoms in total. The zero-order chi connectivity index (χ0) is 24.6. The number of carboxylic acids is 1. The van der Waals surface area contributed by atoms with Gasteiger partial charge in [-0.15, -0.1) is 0 Å². The van der Waals surface area contributed by atoms with Gasteiger partial charge in [0.2, 0.25) is 5.91 Å². The first-order valence-corrected chi connectivity index (χ1v) is 11.4. The summed E-state index contributed by atoms with van der Waals surface area (Å²) in [5.41, 5.74) is 6.23. The Labute approximate surface area is 203 Å². The van der Waals surface area contributed by atoms with Gasteiger partial charge in [-0.25, -0.2) is 9.59 Å². The number of ether oxygens (including phenoxy) is 1. The maximum absolute atomic E-state index is 12.4. The van der Waals surface area contributed by atoms with Gasteiger partial charge < -0.3 is 15.2 Å². The van der Waals surface area contributed by atoms with Gasteiger partial charge in [-0.2, -0.15) is 0 Å². The number of aliphatic carboxylic acids is 1. The summed E-state index contributed by atoms with van der Waals surface area (Å²) >= 11 is 0. The molecular formula is C28H26N2O5. The number of aryl methyl sites for hydroxylation is 1. The minimum Gasteiger partial charge on any atom is -0.478 e. The van der Waals surface area contributed by atoms with Gasteiger partial charge in [-0.1, -0.05) is 66.7 Å². The summed E-state index contributed by atoms with van der Waals surface area (Å²) in [5, 5.41) is 13.9. The quantitative estimate of drug-likeness (QED) is 0.392. The average molecular weight is 471 g/mol. The van der Waals surface area contributed by atoms with E-state index in [-0.39, 0.29) is 31.4 Å². The first-order chi connectivity index (χ1) is 17.0. The molecule has 2 amide bonds. The van der Waals surface area contributed by atoms with E-state index in [1.165, 1.54) is 17.2 Å². The van der Waals surface area contributed by atoms with Gasteiger partial charge in [-0.3, -0.25) is 10.1 Å². The largest absolute Gasteiger partial charge is 0.478 e. The van der Waals surface area contributed by atoms with Crippen LogP contribution in [-0.2, 0) is 20.7 Å². The van der Waals surface area contributed by atoms with Gasteiger partial charge in [0.05, 0.1) is 0 Å². The van der Waals surface area contributed by atoms with Gasteiger partial charge in [0.15, 0.2) is 0 Å². The molecule has 1 aliphatic rings. The Hall–Kier alpha value is -4.39. The normalized spacial score (nSPS) is 12.1. The zero-order valence-corrected chi connectivity index (χ0v) is 19.1. The van der Waals surface area contributed by atoms with Crippen molar-refractivity contribution in [1.29, 1.82) is 0 Å². The maximum Gasteiger partial charge on any atom is 0.411 e. The molecular weight excluding hydrogens is 444 g/mol. The molecule has 0 heterocycles. The number of carboxylic acid groups (broad SMARTS) is 1. The molecule has 0 aromatic heterocycles. The van der Waals surface area contributed by atoms with E-state index in [1.807, 2.05) is 36.4 Å². The van der Waals surface area contributed by atoms with Crippen LogP contribution in [-0.4, -0.2) is 36.2 Å². The molecule has 0 saturated carbocycles. The second-order valence-corrected chi connectivity index (χ2v) is 8.19. The van der Waals surface area contributed by atoms with Crippen LogP contribution in [0.3, 0.4) is 0 Å². The molecule has 0 spiro atoms. The van der Waals surface area contributed by atoms with Gasteiger partial charge in [0, 0.05) is 30.6 Å². The van der Waals surface area contributed by atoms with Gasteiger partial charge in [0.25, 0.3) is 0 Å². The molecule has 7 heteroatoms. The number of hydrogen-bond acceptors (Lipinski definition) is 4. The highest BCUT2D eigenvalue weighted by Crippen LogP contribution is 2.44. The Kier molecular flexibility index (Phi) is 7.57. The smallest absolute Gasteiger partial charge is 0.411 e. The van der Waals surface area contributed by atoms with Gasteiger partial charge in [-0.05, 0) is 46.4 Å². The predicted molar refractivity (Wildman–Crippen MR) is 133 cm³/mol. The molecule has 178 valence electrons. The molecule has 0 aliphatic heterocycles. The molecule has 0 atom stereocenters. The van der Waals surface area contributed by atoms with E-state index >= 15 is 0 Å². The second-order valence-electron chi connectivity index (χ2n) is 8.19. The van der Waals surface area contributed by atoms with Crippen molar-refractivity contribution < 1.29 is 24.2 Å². The lowest BCUT2D eigenvalue weighted by molar-refractivity contribution is -0.131. The summed E-state index contributed by atoms with van der Waals surface area (Å²) in [5.74, 6) is -1.21. The highest BCUT2D eigenvalue weighted by Gasteiger charge is 2.28. The van der Waals surface area contributed by atoms with Crippen LogP contribution in [0.25, 0.3) is 11.1 Å². The molecule has 3 aromatic carbocycles. The van der Waals surface area contributed by atoms with Crippen LogP contribution in [0.1, 0.15) is 29.0 Å². The number of benzene rings is 3. The van der Waals surface area contributed by atoms with E-state index < -0.39 is 12.1 Å². The summed E-state index contributed by atoms with van der Waals surface area (Å²) in [6.07, 6.45) is 2.65. The van der Waals surface area contributed by atoms with E-state index in [9.17, 15) is 14.4 Å². The number of fused-ring (bicyclic) bond motifs is 3. The topological polar surface area (TPSA) is 105 Å². The lowest BCUT2D eigenvalue weighted by Gasteiger charge is -2.14. The van der Waals surface area contributed by atoms with E-state index in [2.05, 4.69) is 34.9 Å². The lowest BCUT2D eigenvalue weighted by Crippen LogP contribution is -2.23. The fourth-order valence-electron chi connectivity index (χ4n) is 4.19. The Morgan fingerprint density at radius 1 is 0.886 bits per heavy atom. The molecule has 3 N–H and O–H groups in total. The number of nitrogens with one attached hydrogen (secondary N) is 2. The summed E-state index contributed by atoms with van der Waals surface area (Å²) in [6, 6.07) is 23.6. The Balaban J connectivity index is 1.25. The number of carbonyl (C=O) groups excluding carboxylic acids is 2. The molecule has 1 aliphatic carbocycles. The minimum atomic E-state index is -1.05. The third-order valence-corrected chi connectivity index (χ3v) is 5.86. The summed E-state index contributed by atoms with van der Waals surface area (Å²) in [6.45, 7) is 0.419. The number of hydrogen-bond donors (Lipinski definition) is 3. The zero-order valence-electron chi connectivity index (χ0n) is 19.1. The third kappa shape index (κ3) is 6.14. The first kappa shape index (κ1) is 23.8. The summed E-state index contributed by atoms with van der Waals surface area (Å²) < 4.78 is 5.57. The standard InChI is InChI=1S/C28H26N2O5/c31-26(29-17-5-10-27(32)33)16-13-19-11-14-20(15-12-19)30-28(34)35-18-25-23-8-3-1-6-21(23)22-7-2-4-9-24(22)25/h1-12,14-15,25H,13,16-18H2,(H,29,31)(H,30,34)(H,32,33)/b10-5+. The van der Waals surface area contributed by atoms with Gasteiger partial charge >= 0.3 is 12.1 Å². The molecule has 0 bridgehead atoms. The molecule has 0 fully saturated rings. The van der Waals surface area contributed by atoms with Crippen LogP contribution in [0, 0.1) is 0 Å². The van der Waals surface area contributed by atoms with Crippen molar-refractivity contribution in [3.8, 4) is 11.1 Å². The van der Waals surface area contributed by atoms with Crippen molar-refractivity contribution in [1.82, 2.24) is 5.32 Å². The van der Waals surface area contributed by atoms with Crippen molar-refractivity contribution in [2.45, 2.75) is 18.8 Å². The van der Waals surface area contributed by atoms with Crippen molar-refractivity contribution in [3.05, 3.63) is 102 Å². The second kappa shape index (κ2) is 11.2. The SMILES string of the molecule is O=C(O)/C=C/CNC(=O)CCc1ccc(NC(=O)OCC2c3ccccc3-c3ccccc32)cc1. The number of anilines is 1. The molecule has 0 unspecified atom stereocenters. The van der Waals surface area contributed by atoms with E-state index in [4.69, 9.17) is 9.84 Å². The fourth-order valence-corrected chi connectivity index (χ4v) is 4.19. The van der Waals surface area contributed by atoms with Crippen LogP contribution >= 0.6 is 0 Å². The lowest BCUT2D eigenvalue weighted by atomic mass is 9.98. The van der Waals surface area contributed by atoms with Crippen molar-refractivity contribution in [3.63, 3.8) is 0 Å². The van der Waals surface area contributed by atoms with Crippen molar-refractivity contribution >= 4 is 23.7 Å². The average Bonchev–Trinajstić information content (AvgIpc) is 3.18. The molecule has 35 heavy (non-hydrogen) atoms. The highest BCUT2D eigenvalue weighted by molar-refractivity contribution is 5.85. The van der Waals surface area contributed by atoms with Crippen LogP contribution in [0.5, 0.6) is 0 Å². The number of carbonyl (C=O) groups is 3. The Bertz CT molecular complexity index is 1200. The van der Waals surface area contributed by atoms with Gasteiger partial charge in [0.1, 0.15) is 6.61 Å². The first-order valence-electron chi connectivity index (χ1n) is 11.4. The monoisotopic (exact) mass is 470 g/mol. The van der Waals surface area contributed by atoms with Crippen LogP contribution in [0.2, 0.25) is 0 Å². The summed E-state index contributed by atoms with van der Waals surface area (Å²) in [7, 11) is 0. The predicted octanol–water partition coefficient (Wildman–Crippen LogP) is 4.74. The van der Waals surface area contributed by atoms with Crippen LogP contribution in [0.15, 0.2) is 84.9 Å². The molecule has 0 saturated heterocycles. The maximum atomic E-state index is 12.4. The van der Waals surface area contributed by atoms with Crippen LogP contribution in [0.4, 0.5) is 10.5 Å². The van der Waals surface area contributed by atoms with Crippen LogP contribution < -0.4 is 10.6 Å². The summed E-state index contributed by atoms with van der Waals surface area (Å²) in [4.78, 5) is 34.7. The van der Waals surface area contributed by atoms with E-state index in [0.717, 1.165) is 22.8 Å². The highest BCUT2D eigenvalue weighted by atomic mass is 16.5.